The van der Waals surface area contributed by atoms with Gasteiger partial charge in [-0.25, -0.2) is 4.98 Å². The monoisotopic (exact) mass is 421 g/mol. The van der Waals surface area contributed by atoms with E-state index in [1.54, 1.807) is 18.2 Å². The van der Waals surface area contributed by atoms with Gasteiger partial charge in [-0.2, -0.15) is 0 Å². The van der Waals surface area contributed by atoms with Gasteiger partial charge in [0.2, 0.25) is 5.91 Å². The highest BCUT2D eigenvalue weighted by Crippen LogP contribution is 2.30. The van der Waals surface area contributed by atoms with Gasteiger partial charge in [0.05, 0.1) is 38.2 Å². The molecule has 0 spiro atoms. The summed E-state index contributed by atoms with van der Waals surface area (Å²) in [5.41, 5.74) is 0.425. The average molecular weight is 421 g/mol. The standard InChI is InChI=1S/C19H23N3O6S/c1-4-27-14-7-6-12(8-15(14)28-5-2)20-17(24)11-29-19-21-13(9-16(23)22-19)10-18(25)26-3/h6-9H,4-5,10-11H2,1-3H3,(H,20,24)(H,21,22,23). The molecule has 29 heavy (non-hydrogen) atoms. The molecule has 0 atom stereocenters. The summed E-state index contributed by atoms with van der Waals surface area (Å²) in [7, 11) is 1.26. The molecule has 0 radical (unpaired) electrons. The van der Waals surface area contributed by atoms with Crippen LogP contribution in [0.2, 0.25) is 0 Å². The van der Waals surface area contributed by atoms with Gasteiger partial charge in [-0.3, -0.25) is 14.4 Å². The lowest BCUT2D eigenvalue weighted by Crippen LogP contribution is -2.17. The molecular weight excluding hydrogens is 398 g/mol. The van der Waals surface area contributed by atoms with Gasteiger partial charge in [0.1, 0.15) is 0 Å². The Labute approximate surface area is 172 Å². The SMILES string of the molecule is CCOc1ccc(NC(=O)CSc2nc(CC(=O)OC)cc(=O)[nH]2)cc1OCC. The Morgan fingerprint density at radius 1 is 1.14 bits per heavy atom. The zero-order valence-electron chi connectivity index (χ0n) is 16.4. The second-order valence-corrected chi connectivity index (χ2v) is 6.62. The molecule has 1 aromatic heterocycles. The Kier molecular flexibility index (Phi) is 8.53. The van der Waals surface area contributed by atoms with Crippen molar-refractivity contribution < 1.29 is 23.8 Å². The van der Waals surface area contributed by atoms with E-state index in [4.69, 9.17) is 9.47 Å². The molecule has 0 saturated heterocycles. The Bertz CT molecular complexity index is 915. The molecule has 156 valence electrons. The third kappa shape index (κ3) is 7.15. The summed E-state index contributed by atoms with van der Waals surface area (Å²) >= 11 is 1.05. The molecule has 0 fully saturated rings. The second-order valence-electron chi connectivity index (χ2n) is 5.66. The Balaban J connectivity index is 2.00. The number of esters is 1. The highest BCUT2D eigenvalue weighted by Gasteiger charge is 2.11. The minimum atomic E-state index is -0.502. The smallest absolute Gasteiger partial charge is 0.311 e. The van der Waals surface area contributed by atoms with Crippen molar-refractivity contribution in [3.63, 3.8) is 0 Å². The van der Waals surface area contributed by atoms with Crippen LogP contribution in [0.15, 0.2) is 34.2 Å². The number of rotatable bonds is 10. The van der Waals surface area contributed by atoms with Crippen LogP contribution in [-0.2, 0) is 20.7 Å². The van der Waals surface area contributed by atoms with E-state index in [2.05, 4.69) is 20.0 Å². The van der Waals surface area contributed by atoms with Crippen molar-refractivity contribution in [1.82, 2.24) is 9.97 Å². The van der Waals surface area contributed by atoms with Gasteiger partial charge < -0.3 is 24.5 Å². The van der Waals surface area contributed by atoms with Gasteiger partial charge in [0, 0.05) is 17.8 Å². The number of aromatic nitrogens is 2. The molecule has 2 N–H and O–H groups in total. The van der Waals surface area contributed by atoms with Crippen LogP contribution in [0.25, 0.3) is 0 Å². The zero-order valence-corrected chi connectivity index (χ0v) is 17.3. The third-order valence-electron chi connectivity index (χ3n) is 3.49. The van der Waals surface area contributed by atoms with Crippen molar-refractivity contribution in [2.24, 2.45) is 0 Å². The molecule has 1 amide bonds. The first-order chi connectivity index (χ1) is 13.9. The fourth-order valence-electron chi connectivity index (χ4n) is 2.32. The number of hydrogen-bond donors (Lipinski definition) is 2. The molecule has 1 aromatic carbocycles. The summed E-state index contributed by atoms with van der Waals surface area (Å²) in [5.74, 6) is 0.370. The summed E-state index contributed by atoms with van der Waals surface area (Å²) in [5, 5.41) is 3.01. The Morgan fingerprint density at radius 3 is 2.55 bits per heavy atom. The predicted octanol–water partition coefficient (Wildman–Crippen LogP) is 2.01. The molecule has 0 bridgehead atoms. The predicted molar refractivity (Wildman–Crippen MR) is 109 cm³/mol. The summed E-state index contributed by atoms with van der Waals surface area (Å²) in [6.45, 7) is 4.71. The van der Waals surface area contributed by atoms with Gasteiger partial charge in [0.15, 0.2) is 16.7 Å². The molecule has 10 heteroatoms. The van der Waals surface area contributed by atoms with Crippen molar-refractivity contribution in [2.45, 2.75) is 25.4 Å². The number of anilines is 1. The van der Waals surface area contributed by atoms with Crippen LogP contribution in [0.1, 0.15) is 19.5 Å². The second kappa shape index (κ2) is 11.1. The topological polar surface area (TPSA) is 120 Å². The largest absolute Gasteiger partial charge is 0.490 e. The number of amides is 1. The van der Waals surface area contributed by atoms with Gasteiger partial charge in [-0.1, -0.05) is 11.8 Å². The van der Waals surface area contributed by atoms with Crippen LogP contribution < -0.4 is 20.3 Å². The van der Waals surface area contributed by atoms with E-state index in [0.29, 0.717) is 30.4 Å². The quantitative estimate of drug-likeness (QED) is 0.340. The molecule has 0 saturated carbocycles. The van der Waals surface area contributed by atoms with Gasteiger partial charge in [-0.05, 0) is 26.0 Å². The third-order valence-corrected chi connectivity index (χ3v) is 4.37. The number of nitrogens with one attached hydrogen (secondary N) is 2. The summed E-state index contributed by atoms with van der Waals surface area (Å²) in [4.78, 5) is 42.0. The highest BCUT2D eigenvalue weighted by molar-refractivity contribution is 7.99. The first kappa shape index (κ1) is 22.3. The zero-order chi connectivity index (χ0) is 21.2. The lowest BCUT2D eigenvalue weighted by molar-refractivity contribution is -0.139. The molecule has 0 aliphatic heterocycles. The fourth-order valence-corrected chi connectivity index (χ4v) is 3.02. The normalized spacial score (nSPS) is 10.3. The number of thioether (sulfide) groups is 1. The van der Waals surface area contributed by atoms with Crippen molar-refractivity contribution in [2.75, 3.05) is 31.4 Å². The number of hydrogen-bond acceptors (Lipinski definition) is 8. The van der Waals surface area contributed by atoms with Gasteiger partial charge in [-0.15, -0.1) is 0 Å². The van der Waals surface area contributed by atoms with Crippen LogP contribution in [0.5, 0.6) is 11.5 Å². The molecule has 2 rings (SSSR count). The van der Waals surface area contributed by atoms with E-state index < -0.39 is 11.5 Å². The van der Waals surface area contributed by atoms with Crippen molar-refractivity contribution in [3.8, 4) is 11.5 Å². The molecule has 9 nitrogen and oxygen atoms in total. The number of H-pyrrole nitrogens is 1. The van der Waals surface area contributed by atoms with E-state index >= 15 is 0 Å². The summed E-state index contributed by atoms with van der Waals surface area (Å²) in [6.07, 6.45) is -0.118. The molecule has 2 aromatic rings. The lowest BCUT2D eigenvalue weighted by Gasteiger charge is -2.13. The van der Waals surface area contributed by atoms with E-state index in [1.807, 2.05) is 13.8 Å². The van der Waals surface area contributed by atoms with Crippen LogP contribution in [-0.4, -0.2) is 47.9 Å². The first-order valence-electron chi connectivity index (χ1n) is 8.94. The minimum Gasteiger partial charge on any atom is -0.490 e. The van der Waals surface area contributed by atoms with Crippen LogP contribution in [0.3, 0.4) is 0 Å². The van der Waals surface area contributed by atoms with Crippen LogP contribution >= 0.6 is 11.8 Å². The van der Waals surface area contributed by atoms with Crippen LogP contribution in [0.4, 0.5) is 5.69 Å². The minimum absolute atomic E-state index is 0.0157. The first-order valence-corrected chi connectivity index (χ1v) is 9.93. The maximum absolute atomic E-state index is 12.3. The molecule has 0 aliphatic rings. The lowest BCUT2D eigenvalue weighted by atomic mass is 10.2. The van der Waals surface area contributed by atoms with Crippen molar-refractivity contribution >= 4 is 29.3 Å². The maximum Gasteiger partial charge on any atom is 0.311 e. The van der Waals surface area contributed by atoms with E-state index in [0.717, 1.165) is 11.8 Å². The average Bonchev–Trinajstić information content (AvgIpc) is 2.68. The number of nitrogens with zero attached hydrogens (tertiary/aromatic N) is 1. The van der Waals surface area contributed by atoms with E-state index in [9.17, 15) is 14.4 Å². The number of aromatic amines is 1. The molecule has 0 unspecified atom stereocenters. The van der Waals surface area contributed by atoms with Crippen LogP contribution in [0, 0.1) is 0 Å². The molecular formula is C19H23N3O6S. The van der Waals surface area contributed by atoms with E-state index in [-0.39, 0.29) is 28.9 Å². The number of ether oxygens (including phenoxy) is 3. The summed E-state index contributed by atoms with van der Waals surface area (Å²) < 4.78 is 15.6. The Morgan fingerprint density at radius 2 is 1.86 bits per heavy atom. The van der Waals surface area contributed by atoms with Crippen molar-refractivity contribution in [3.05, 3.63) is 40.3 Å². The number of carbonyl (C=O) groups is 2. The summed E-state index contributed by atoms with van der Waals surface area (Å²) in [6, 6.07) is 6.35. The van der Waals surface area contributed by atoms with Crippen molar-refractivity contribution in [1.29, 1.82) is 0 Å². The molecule has 1 heterocycles. The Hall–Kier alpha value is -3.01. The number of methoxy groups -OCH3 is 1. The maximum atomic E-state index is 12.3. The number of benzene rings is 1. The fraction of sp³-hybridized carbons (Fsp3) is 0.368. The van der Waals surface area contributed by atoms with E-state index in [1.165, 1.54) is 13.2 Å². The number of carbonyl (C=O) groups excluding carboxylic acids is 2. The van der Waals surface area contributed by atoms with Gasteiger partial charge in [0.25, 0.3) is 5.56 Å². The highest BCUT2D eigenvalue weighted by atomic mass is 32.2. The van der Waals surface area contributed by atoms with Gasteiger partial charge >= 0.3 is 5.97 Å². The molecule has 0 aliphatic carbocycles.